The molecule has 4 aromatic rings. The van der Waals surface area contributed by atoms with E-state index in [0.717, 1.165) is 56.7 Å². The first-order valence-electron chi connectivity index (χ1n) is 10.0. The van der Waals surface area contributed by atoms with Crippen LogP contribution in [0.15, 0.2) is 30.3 Å². The molecule has 29 heavy (non-hydrogen) atoms. The van der Waals surface area contributed by atoms with E-state index in [2.05, 4.69) is 24.9 Å². The van der Waals surface area contributed by atoms with E-state index in [0.29, 0.717) is 10.9 Å². The summed E-state index contributed by atoms with van der Waals surface area (Å²) < 4.78 is 1.99. The fourth-order valence-corrected chi connectivity index (χ4v) is 5.39. The second-order valence-corrected chi connectivity index (χ2v) is 8.95. The van der Waals surface area contributed by atoms with Crippen molar-refractivity contribution >= 4 is 28.6 Å². The molecule has 0 bridgehead atoms. The molecular formula is C23H25ClN4S. The summed E-state index contributed by atoms with van der Waals surface area (Å²) in [6, 6.07) is 10.2. The Morgan fingerprint density at radius 3 is 2.48 bits per heavy atom. The van der Waals surface area contributed by atoms with E-state index < -0.39 is 0 Å². The molecule has 0 atom stereocenters. The summed E-state index contributed by atoms with van der Waals surface area (Å²) in [7, 11) is 0. The zero-order valence-corrected chi connectivity index (χ0v) is 19.0. The highest BCUT2D eigenvalue weighted by Crippen LogP contribution is 2.42. The van der Waals surface area contributed by atoms with Gasteiger partial charge in [-0.25, -0.2) is 9.50 Å². The number of thiophene rings is 1. The summed E-state index contributed by atoms with van der Waals surface area (Å²) in [6.45, 7) is 10.5. The lowest BCUT2D eigenvalue weighted by molar-refractivity contribution is 0.638. The summed E-state index contributed by atoms with van der Waals surface area (Å²) in [5, 5.41) is 5.52. The third kappa shape index (κ3) is 3.58. The number of hydrogen-bond donors (Lipinski definition) is 0. The molecule has 0 aliphatic carbocycles. The average molecular weight is 425 g/mol. The van der Waals surface area contributed by atoms with Crippen molar-refractivity contribution in [1.82, 2.24) is 19.6 Å². The van der Waals surface area contributed by atoms with Gasteiger partial charge in [-0.3, -0.25) is 4.98 Å². The van der Waals surface area contributed by atoms with Gasteiger partial charge in [0.1, 0.15) is 5.69 Å². The van der Waals surface area contributed by atoms with Gasteiger partial charge >= 0.3 is 0 Å². The predicted molar refractivity (Wildman–Crippen MR) is 122 cm³/mol. The van der Waals surface area contributed by atoms with E-state index >= 15 is 0 Å². The maximum atomic E-state index is 6.71. The normalized spacial score (nSPS) is 11.7. The lowest BCUT2D eigenvalue weighted by Crippen LogP contribution is -2.04. The first-order valence-corrected chi connectivity index (χ1v) is 11.2. The van der Waals surface area contributed by atoms with Gasteiger partial charge in [-0.15, -0.1) is 11.3 Å². The molecular weight excluding hydrogens is 400 g/mol. The first kappa shape index (κ1) is 20.0. The standard InChI is InChI=1S/C23H25ClN4S/c1-6-16(7-2)17-11-14(4)27-28-21(15(5)26-23(17)28)22-18(24)12-20(29-22)19-10-8-9-13(3)25-19/h8-12,16H,6-7H2,1-5H3. The summed E-state index contributed by atoms with van der Waals surface area (Å²) in [5.74, 6) is 0.472. The topological polar surface area (TPSA) is 43.1 Å². The lowest BCUT2D eigenvalue weighted by Gasteiger charge is -2.14. The highest BCUT2D eigenvalue weighted by Gasteiger charge is 2.22. The Hall–Kier alpha value is -2.24. The Bertz CT molecular complexity index is 1190. The summed E-state index contributed by atoms with van der Waals surface area (Å²) in [6.07, 6.45) is 2.17. The highest BCUT2D eigenvalue weighted by atomic mass is 35.5. The molecule has 4 heterocycles. The van der Waals surface area contributed by atoms with Crippen molar-refractivity contribution in [2.24, 2.45) is 0 Å². The molecule has 0 amide bonds. The molecule has 4 aromatic heterocycles. The van der Waals surface area contributed by atoms with Gasteiger partial charge in [0.25, 0.3) is 0 Å². The second-order valence-electron chi connectivity index (χ2n) is 7.49. The van der Waals surface area contributed by atoms with Crippen LogP contribution in [0, 0.1) is 20.8 Å². The van der Waals surface area contributed by atoms with Crippen LogP contribution in [-0.4, -0.2) is 19.6 Å². The number of halogens is 1. The Morgan fingerprint density at radius 1 is 1.03 bits per heavy atom. The molecule has 4 nitrogen and oxygen atoms in total. The van der Waals surface area contributed by atoms with Gasteiger partial charge < -0.3 is 0 Å². The van der Waals surface area contributed by atoms with Crippen LogP contribution in [0.1, 0.15) is 55.3 Å². The van der Waals surface area contributed by atoms with E-state index in [1.807, 2.05) is 49.6 Å². The zero-order valence-electron chi connectivity index (χ0n) is 17.5. The van der Waals surface area contributed by atoms with Gasteiger partial charge in [0.2, 0.25) is 0 Å². The smallest absolute Gasteiger partial charge is 0.158 e. The number of rotatable bonds is 5. The van der Waals surface area contributed by atoms with Gasteiger partial charge in [-0.2, -0.15) is 5.10 Å². The van der Waals surface area contributed by atoms with Crippen molar-refractivity contribution in [3.8, 4) is 21.1 Å². The Morgan fingerprint density at radius 2 is 1.79 bits per heavy atom. The lowest BCUT2D eigenvalue weighted by atomic mass is 9.95. The molecule has 0 N–H and O–H groups in total. The maximum absolute atomic E-state index is 6.71. The third-order valence-electron chi connectivity index (χ3n) is 5.38. The fraction of sp³-hybridized carbons (Fsp3) is 0.348. The van der Waals surface area contributed by atoms with Crippen LogP contribution in [0.3, 0.4) is 0 Å². The number of aromatic nitrogens is 4. The minimum Gasteiger partial charge on any atom is -0.252 e. The molecule has 0 saturated carbocycles. The molecule has 0 unspecified atom stereocenters. The van der Waals surface area contributed by atoms with E-state index in [4.69, 9.17) is 21.7 Å². The van der Waals surface area contributed by atoms with E-state index in [9.17, 15) is 0 Å². The van der Waals surface area contributed by atoms with Crippen LogP contribution < -0.4 is 0 Å². The average Bonchev–Trinajstić information content (AvgIpc) is 3.21. The van der Waals surface area contributed by atoms with Crippen LogP contribution >= 0.6 is 22.9 Å². The minimum atomic E-state index is 0.472. The molecule has 0 aliphatic heterocycles. The Labute approximate surface area is 180 Å². The highest BCUT2D eigenvalue weighted by molar-refractivity contribution is 7.19. The molecule has 0 fully saturated rings. The Balaban J connectivity index is 1.92. The van der Waals surface area contributed by atoms with Crippen LogP contribution in [0.4, 0.5) is 0 Å². The molecule has 4 rings (SSSR count). The second kappa shape index (κ2) is 7.88. The summed E-state index contributed by atoms with van der Waals surface area (Å²) in [5.41, 5.74) is 7.06. The molecule has 0 saturated heterocycles. The number of aryl methyl sites for hydroxylation is 3. The van der Waals surface area contributed by atoms with E-state index in [1.54, 1.807) is 11.3 Å². The fourth-order valence-electron chi connectivity index (χ4n) is 3.90. The van der Waals surface area contributed by atoms with Gasteiger partial charge in [0.05, 0.1) is 31.9 Å². The molecule has 150 valence electrons. The van der Waals surface area contributed by atoms with Crippen molar-refractivity contribution in [2.45, 2.75) is 53.4 Å². The monoisotopic (exact) mass is 424 g/mol. The van der Waals surface area contributed by atoms with Crippen molar-refractivity contribution in [1.29, 1.82) is 0 Å². The first-order chi connectivity index (χ1) is 13.9. The minimum absolute atomic E-state index is 0.472. The maximum Gasteiger partial charge on any atom is 0.158 e. The van der Waals surface area contributed by atoms with E-state index in [1.165, 1.54) is 5.56 Å². The number of fused-ring (bicyclic) bond motifs is 1. The van der Waals surface area contributed by atoms with Gasteiger partial charge in [-0.1, -0.05) is 31.5 Å². The summed E-state index contributed by atoms with van der Waals surface area (Å²) >= 11 is 8.35. The molecule has 0 aromatic carbocycles. The number of hydrogen-bond acceptors (Lipinski definition) is 4. The molecule has 6 heteroatoms. The zero-order chi connectivity index (χ0) is 20.7. The number of nitrogens with zero attached hydrogens (tertiary/aromatic N) is 4. The number of imidazole rings is 1. The quantitative estimate of drug-likeness (QED) is 0.346. The van der Waals surface area contributed by atoms with Crippen LogP contribution in [0.5, 0.6) is 0 Å². The SMILES string of the molecule is CCC(CC)c1cc(C)nn2c(-c3sc(-c4cccc(C)n4)cc3Cl)c(C)nc12. The predicted octanol–water partition coefficient (Wildman–Crippen LogP) is 7.00. The Kier molecular flexibility index (Phi) is 5.45. The van der Waals surface area contributed by atoms with Crippen LogP contribution in [0.2, 0.25) is 5.02 Å². The van der Waals surface area contributed by atoms with Crippen LogP contribution in [0.25, 0.3) is 26.8 Å². The van der Waals surface area contributed by atoms with Crippen LogP contribution in [-0.2, 0) is 0 Å². The molecule has 0 aliphatic rings. The number of pyridine rings is 1. The van der Waals surface area contributed by atoms with Crippen molar-refractivity contribution in [2.75, 3.05) is 0 Å². The van der Waals surface area contributed by atoms with Gasteiger partial charge in [0, 0.05) is 11.3 Å². The largest absolute Gasteiger partial charge is 0.252 e. The van der Waals surface area contributed by atoms with Gasteiger partial charge in [0.15, 0.2) is 5.65 Å². The van der Waals surface area contributed by atoms with Crippen molar-refractivity contribution < 1.29 is 0 Å². The van der Waals surface area contributed by atoms with Crippen molar-refractivity contribution in [3.63, 3.8) is 0 Å². The third-order valence-corrected chi connectivity index (χ3v) is 6.95. The van der Waals surface area contributed by atoms with Gasteiger partial charge in [-0.05, 0) is 63.8 Å². The van der Waals surface area contributed by atoms with Crippen molar-refractivity contribution in [3.05, 3.63) is 58.0 Å². The molecule has 0 radical (unpaired) electrons. The summed E-state index contributed by atoms with van der Waals surface area (Å²) in [4.78, 5) is 11.6. The molecule has 0 spiro atoms. The van der Waals surface area contributed by atoms with E-state index in [-0.39, 0.29) is 0 Å².